The molecule has 6 heteroatoms. The summed E-state index contributed by atoms with van der Waals surface area (Å²) in [5.74, 6) is 0.00126. The van der Waals surface area contributed by atoms with E-state index in [1.54, 1.807) is 12.1 Å². The van der Waals surface area contributed by atoms with Crippen molar-refractivity contribution in [2.45, 2.75) is 31.8 Å². The van der Waals surface area contributed by atoms with Crippen LogP contribution in [0.3, 0.4) is 0 Å². The van der Waals surface area contributed by atoms with Crippen molar-refractivity contribution in [3.8, 4) is 0 Å². The Balaban J connectivity index is 1.99. The summed E-state index contributed by atoms with van der Waals surface area (Å²) in [5.41, 5.74) is 0.417. The van der Waals surface area contributed by atoms with E-state index in [2.05, 4.69) is 10.3 Å². The molecule has 1 aromatic rings. The minimum atomic E-state index is -0.500. The molecule has 0 aliphatic heterocycles. The van der Waals surface area contributed by atoms with Gasteiger partial charge in [0.15, 0.2) is 0 Å². The fraction of sp³-hybridized carbons (Fsp3) is 0.583. The van der Waals surface area contributed by atoms with E-state index < -0.39 is 4.92 Å². The van der Waals surface area contributed by atoms with Gasteiger partial charge in [-0.05, 0) is 34.9 Å². The molecular weight excluding hydrogens is 234 g/mol. The number of rotatable bonds is 4. The number of anilines is 1. The number of aliphatic hydroxyl groups excluding tert-OH is 1. The zero-order valence-corrected chi connectivity index (χ0v) is 10.1. The summed E-state index contributed by atoms with van der Waals surface area (Å²) >= 11 is 0. The van der Waals surface area contributed by atoms with Crippen molar-refractivity contribution in [1.82, 2.24) is 4.98 Å². The van der Waals surface area contributed by atoms with E-state index in [0.717, 1.165) is 25.7 Å². The first-order valence-corrected chi connectivity index (χ1v) is 6.20. The zero-order chi connectivity index (χ0) is 13.0. The van der Waals surface area contributed by atoms with Crippen LogP contribution in [0.25, 0.3) is 0 Å². The first-order chi connectivity index (χ1) is 8.68. The first-order valence-electron chi connectivity index (χ1n) is 6.20. The van der Waals surface area contributed by atoms with Crippen molar-refractivity contribution < 1.29 is 10.0 Å². The molecule has 98 valence electrons. The van der Waals surface area contributed by atoms with Crippen molar-refractivity contribution in [3.63, 3.8) is 0 Å². The molecule has 6 nitrogen and oxygen atoms in total. The monoisotopic (exact) mass is 251 g/mol. The molecule has 1 saturated carbocycles. The van der Waals surface area contributed by atoms with Crippen LogP contribution in [0.4, 0.5) is 11.5 Å². The van der Waals surface area contributed by atoms with Crippen molar-refractivity contribution in [2.24, 2.45) is 5.92 Å². The highest BCUT2D eigenvalue weighted by Crippen LogP contribution is 2.26. The lowest BCUT2D eigenvalue weighted by Crippen LogP contribution is -2.30. The predicted octanol–water partition coefficient (Wildman–Crippen LogP) is 1.95. The average molecular weight is 251 g/mol. The van der Waals surface area contributed by atoms with Crippen LogP contribution in [0, 0.1) is 16.0 Å². The fourth-order valence-electron chi connectivity index (χ4n) is 2.35. The number of hydrogen-bond donors (Lipinski definition) is 2. The summed E-state index contributed by atoms with van der Waals surface area (Å²) < 4.78 is 0. The highest BCUT2D eigenvalue weighted by Gasteiger charge is 2.23. The van der Waals surface area contributed by atoms with Crippen molar-refractivity contribution in [1.29, 1.82) is 0 Å². The van der Waals surface area contributed by atoms with Gasteiger partial charge in [-0.15, -0.1) is 0 Å². The number of nitrogens with one attached hydrogen (secondary N) is 1. The topological polar surface area (TPSA) is 88.3 Å². The summed E-state index contributed by atoms with van der Waals surface area (Å²) in [6.07, 6.45) is 5.05. The van der Waals surface area contributed by atoms with Gasteiger partial charge in [0.2, 0.25) is 0 Å². The lowest BCUT2D eigenvalue weighted by molar-refractivity contribution is -0.388. The van der Waals surface area contributed by atoms with E-state index in [1.165, 1.54) is 6.20 Å². The van der Waals surface area contributed by atoms with Gasteiger partial charge in [-0.3, -0.25) is 0 Å². The quantitative estimate of drug-likeness (QED) is 0.630. The Morgan fingerprint density at radius 1 is 1.50 bits per heavy atom. The van der Waals surface area contributed by atoms with Crippen LogP contribution in [0.1, 0.15) is 25.7 Å². The minimum Gasteiger partial charge on any atom is -0.393 e. The molecule has 1 aliphatic carbocycles. The molecule has 2 N–H and O–H groups in total. The van der Waals surface area contributed by atoms with Crippen LogP contribution < -0.4 is 5.32 Å². The Bertz CT molecular complexity index is 425. The van der Waals surface area contributed by atoms with Gasteiger partial charge in [-0.1, -0.05) is 12.8 Å². The maximum absolute atomic E-state index is 10.8. The van der Waals surface area contributed by atoms with Crippen molar-refractivity contribution >= 4 is 11.5 Å². The Labute approximate surface area is 105 Å². The van der Waals surface area contributed by atoms with Gasteiger partial charge >= 0.3 is 5.82 Å². The number of pyridine rings is 1. The first kappa shape index (κ1) is 12.8. The van der Waals surface area contributed by atoms with E-state index in [0.29, 0.717) is 12.2 Å². The second kappa shape index (κ2) is 5.77. The Kier molecular flexibility index (Phi) is 4.09. The SMILES string of the molecule is O=[N+]([O-])c1ncccc1NCC1CCCCC1O. The van der Waals surface area contributed by atoms with Crippen molar-refractivity contribution in [3.05, 3.63) is 28.4 Å². The van der Waals surface area contributed by atoms with Crippen LogP contribution in [0.2, 0.25) is 0 Å². The second-order valence-electron chi connectivity index (χ2n) is 4.62. The van der Waals surface area contributed by atoms with Gasteiger partial charge in [0.1, 0.15) is 11.9 Å². The number of nitro groups is 1. The maximum atomic E-state index is 10.8. The Morgan fingerprint density at radius 3 is 3.00 bits per heavy atom. The Hall–Kier alpha value is -1.69. The molecule has 0 amide bonds. The zero-order valence-electron chi connectivity index (χ0n) is 10.1. The molecule has 1 heterocycles. The molecule has 0 aromatic carbocycles. The molecule has 1 fully saturated rings. The van der Waals surface area contributed by atoms with Crippen LogP contribution >= 0.6 is 0 Å². The molecule has 0 bridgehead atoms. The molecule has 0 spiro atoms. The third kappa shape index (κ3) is 2.95. The average Bonchev–Trinajstić information content (AvgIpc) is 2.38. The highest BCUT2D eigenvalue weighted by atomic mass is 16.6. The molecule has 1 aliphatic rings. The van der Waals surface area contributed by atoms with Gasteiger partial charge in [-0.2, -0.15) is 0 Å². The summed E-state index contributed by atoms with van der Waals surface area (Å²) in [7, 11) is 0. The molecule has 18 heavy (non-hydrogen) atoms. The smallest absolute Gasteiger partial charge is 0.386 e. The maximum Gasteiger partial charge on any atom is 0.386 e. The van der Waals surface area contributed by atoms with E-state index in [1.807, 2.05) is 0 Å². The van der Waals surface area contributed by atoms with Gasteiger partial charge in [0.25, 0.3) is 0 Å². The molecule has 1 aromatic heterocycles. The highest BCUT2D eigenvalue weighted by molar-refractivity contribution is 5.56. The van der Waals surface area contributed by atoms with Gasteiger partial charge in [-0.25, -0.2) is 0 Å². The number of hydrogen-bond acceptors (Lipinski definition) is 5. The Morgan fingerprint density at radius 2 is 2.28 bits per heavy atom. The lowest BCUT2D eigenvalue weighted by atomic mass is 9.86. The van der Waals surface area contributed by atoms with E-state index >= 15 is 0 Å². The molecule has 0 saturated heterocycles. The summed E-state index contributed by atoms with van der Waals surface area (Å²) in [6, 6.07) is 3.30. The van der Waals surface area contributed by atoms with Gasteiger partial charge in [0.05, 0.1) is 6.10 Å². The standard InChI is InChI=1S/C12H17N3O3/c16-11-6-2-1-4-9(11)8-14-10-5-3-7-13-12(10)15(17)18/h3,5,7,9,11,14,16H,1-2,4,6,8H2. The van der Waals surface area contributed by atoms with Gasteiger partial charge < -0.3 is 20.5 Å². The van der Waals surface area contributed by atoms with Gasteiger partial charge in [0, 0.05) is 12.5 Å². The number of aliphatic hydroxyl groups is 1. The van der Waals surface area contributed by atoms with Crippen LogP contribution in [0.5, 0.6) is 0 Å². The normalized spacial score (nSPS) is 23.6. The van der Waals surface area contributed by atoms with E-state index in [-0.39, 0.29) is 17.8 Å². The third-order valence-electron chi connectivity index (χ3n) is 3.38. The minimum absolute atomic E-state index is 0.164. The summed E-state index contributed by atoms with van der Waals surface area (Å²) in [4.78, 5) is 14.0. The molecular formula is C12H17N3O3. The molecule has 2 atom stereocenters. The largest absolute Gasteiger partial charge is 0.393 e. The fourth-order valence-corrected chi connectivity index (χ4v) is 2.35. The number of aromatic nitrogens is 1. The van der Waals surface area contributed by atoms with E-state index in [9.17, 15) is 15.2 Å². The molecule has 2 unspecified atom stereocenters. The lowest BCUT2D eigenvalue weighted by Gasteiger charge is -2.27. The predicted molar refractivity (Wildman–Crippen MR) is 67.3 cm³/mol. The van der Waals surface area contributed by atoms with E-state index in [4.69, 9.17) is 0 Å². The summed E-state index contributed by atoms with van der Waals surface area (Å²) in [5, 5.41) is 23.7. The number of nitrogens with zero attached hydrogens (tertiary/aromatic N) is 2. The van der Waals surface area contributed by atoms with Crippen LogP contribution in [0.15, 0.2) is 18.3 Å². The second-order valence-corrected chi connectivity index (χ2v) is 4.62. The summed E-state index contributed by atoms with van der Waals surface area (Å²) in [6.45, 7) is 0.549. The van der Waals surface area contributed by atoms with Crippen LogP contribution in [-0.2, 0) is 0 Å². The molecule has 2 rings (SSSR count). The van der Waals surface area contributed by atoms with Crippen LogP contribution in [-0.4, -0.2) is 27.7 Å². The third-order valence-corrected chi connectivity index (χ3v) is 3.38. The molecule has 0 radical (unpaired) electrons. The van der Waals surface area contributed by atoms with Crippen molar-refractivity contribution in [2.75, 3.05) is 11.9 Å².